The highest BCUT2D eigenvalue weighted by Crippen LogP contribution is 2.34. The molecule has 0 unspecified atom stereocenters. The number of aromatic nitrogens is 2. The Labute approximate surface area is 115 Å². The summed E-state index contributed by atoms with van der Waals surface area (Å²) in [5.41, 5.74) is 1.20. The van der Waals surface area contributed by atoms with Crippen molar-refractivity contribution in [3.05, 3.63) is 15.6 Å². The maximum Gasteiger partial charge on any atom is 0.228 e. The van der Waals surface area contributed by atoms with Gasteiger partial charge in [-0.25, -0.2) is 9.97 Å². The second-order valence-corrected chi connectivity index (χ2v) is 6.08. The minimum atomic E-state index is 0.579. The molecule has 0 atom stereocenters. The first kappa shape index (κ1) is 12.1. The Hall–Kier alpha value is -0.910. The van der Waals surface area contributed by atoms with Crippen LogP contribution < -0.4 is 10.2 Å². The molecule has 4 nitrogen and oxygen atoms in total. The van der Waals surface area contributed by atoms with Gasteiger partial charge in [0.1, 0.15) is 9.98 Å². The molecule has 2 aromatic heterocycles. The van der Waals surface area contributed by atoms with Crippen LogP contribution in [0.5, 0.6) is 0 Å². The largest absolute Gasteiger partial charge is 0.338 e. The van der Waals surface area contributed by atoms with Crippen molar-refractivity contribution in [2.45, 2.75) is 13.8 Å². The molecule has 3 heterocycles. The molecular formula is C12H15ClN4S. The number of halogens is 1. The van der Waals surface area contributed by atoms with Crippen molar-refractivity contribution >= 4 is 39.1 Å². The average molecular weight is 283 g/mol. The van der Waals surface area contributed by atoms with Crippen LogP contribution in [-0.2, 0) is 0 Å². The first-order chi connectivity index (χ1) is 8.66. The number of aryl methyl sites for hydroxylation is 2. The second kappa shape index (κ2) is 4.64. The number of nitrogens with zero attached hydrogens (tertiary/aromatic N) is 3. The van der Waals surface area contributed by atoms with Crippen LogP contribution in [0.2, 0.25) is 5.15 Å². The summed E-state index contributed by atoms with van der Waals surface area (Å²) in [7, 11) is 0. The molecule has 1 N–H and O–H groups in total. The van der Waals surface area contributed by atoms with Gasteiger partial charge in [0.15, 0.2) is 0 Å². The van der Waals surface area contributed by atoms with Crippen molar-refractivity contribution in [2.75, 3.05) is 31.1 Å². The van der Waals surface area contributed by atoms with Gasteiger partial charge in [-0.05, 0) is 19.4 Å². The smallest absolute Gasteiger partial charge is 0.228 e. The number of thiophene rings is 1. The number of hydrogen-bond acceptors (Lipinski definition) is 5. The summed E-state index contributed by atoms with van der Waals surface area (Å²) in [5.74, 6) is 0.759. The van der Waals surface area contributed by atoms with Crippen LogP contribution in [-0.4, -0.2) is 36.1 Å². The van der Waals surface area contributed by atoms with Crippen molar-refractivity contribution in [3.63, 3.8) is 0 Å². The maximum absolute atomic E-state index is 6.31. The molecule has 18 heavy (non-hydrogen) atoms. The van der Waals surface area contributed by atoms with Gasteiger partial charge >= 0.3 is 0 Å². The second-order valence-electron chi connectivity index (χ2n) is 4.51. The van der Waals surface area contributed by atoms with E-state index >= 15 is 0 Å². The van der Waals surface area contributed by atoms with E-state index in [9.17, 15) is 0 Å². The van der Waals surface area contributed by atoms with Crippen LogP contribution >= 0.6 is 22.9 Å². The van der Waals surface area contributed by atoms with Crippen LogP contribution in [0.1, 0.15) is 10.4 Å². The highest BCUT2D eigenvalue weighted by molar-refractivity contribution is 7.18. The van der Waals surface area contributed by atoms with E-state index in [4.69, 9.17) is 11.6 Å². The zero-order chi connectivity index (χ0) is 12.7. The fourth-order valence-electron chi connectivity index (χ4n) is 2.20. The SMILES string of the molecule is Cc1sc2nc(N3CCNCC3)nc(Cl)c2c1C. The van der Waals surface area contributed by atoms with E-state index in [0.29, 0.717) is 5.15 Å². The lowest BCUT2D eigenvalue weighted by Crippen LogP contribution is -2.44. The Morgan fingerprint density at radius 1 is 1.22 bits per heavy atom. The molecule has 1 fully saturated rings. The molecule has 0 aliphatic carbocycles. The van der Waals surface area contributed by atoms with Gasteiger partial charge in [0, 0.05) is 31.1 Å². The lowest BCUT2D eigenvalue weighted by Gasteiger charge is -2.27. The van der Waals surface area contributed by atoms with Gasteiger partial charge < -0.3 is 10.2 Å². The van der Waals surface area contributed by atoms with E-state index < -0.39 is 0 Å². The highest BCUT2D eigenvalue weighted by Gasteiger charge is 2.18. The predicted octanol–water partition coefficient (Wildman–Crippen LogP) is 2.37. The van der Waals surface area contributed by atoms with Crippen molar-refractivity contribution in [1.82, 2.24) is 15.3 Å². The average Bonchev–Trinajstić information content (AvgIpc) is 2.66. The van der Waals surface area contributed by atoms with E-state index in [1.165, 1.54) is 10.4 Å². The third kappa shape index (κ3) is 1.96. The van der Waals surface area contributed by atoms with Gasteiger partial charge in [0.25, 0.3) is 0 Å². The number of hydrogen-bond donors (Lipinski definition) is 1. The minimum Gasteiger partial charge on any atom is -0.338 e. The van der Waals surface area contributed by atoms with Gasteiger partial charge in [0.05, 0.1) is 5.39 Å². The van der Waals surface area contributed by atoms with Crippen LogP contribution in [0, 0.1) is 13.8 Å². The summed E-state index contributed by atoms with van der Waals surface area (Å²) >= 11 is 8.01. The van der Waals surface area contributed by atoms with E-state index in [1.807, 2.05) is 0 Å². The number of piperazine rings is 1. The molecule has 96 valence electrons. The summed E-state index contributed by atoms with van der Waals surface area (Å²) in [5, 5.41) is 4.91. The summed E-state index contributed by atoms with van der Waals surface area (Å²) in [6, 6.07) is 0. The molecule has 0 aromatic carbocycles. The molecule has 2 aromatic rings. The lowest BCUT2D eigenvalue weighted by molar-refractivity contribution is 0.580. The van der Waals surface area contributed by atoms with Crippen molar-refractivity contribution in [3.8, 4) is 0 Å². The van der Waals surface area contributed by atoms with Crippen LogP contribution in [0.25, 0.3) is 10.2 Å². The highest BCUT2D eigenvalue weighted by atomic mass is 35.5. The van der Waals surface area contributed by atoms with Crippen molar-refractivity contribution in [1.29, 1.82) is 0 Å². The van der Waals surface area contributed by atoms with Crippen molar-refractivity contribution in [2.24, 2.45) is 0 Å². The van der Waals surface area contributed by atoms with E-state index in [0.717, 1.165) is 42.3 Å². The Kier molecular flexibility index (Phi) is 3.13. The van der Waals surface area contributed by atoms with Gasteiger partial charge in [-0.2, -0.15) is 0 Å². The number of fused-ring (bicyclic) bond motifs is 1. The topological polar surface area (TPSA) is 41.1 Å². The standard InChI is InChI=1S/C12H15ClN4S/c1-7-8(2)18-11-9(7)10(13)15-12(16-11)17-5-3-14-4-6-17/h14H,3-6H2,1-2H3. The zero-order valence-corrected chi connectivity index (χ0v) is 12.0. The third-order valence-electron chi connectivity index (χ3n) is 3.37. The first-order valence-electron chi connectivity index (χ1n) is 6.05. The Morgan fingerprint density at radius 2 is 1.94 bits per heavy atom. The normalized spacial score (nSPS) is 16.5. The first-order valence-corrected chi connectivity index (χ1v) is 7.25. The molecule has 0 amide bonds. The number of rotatable bonds is 1. The Balaban J connectivity index is 2.09. The monoisotopic (exact) mass is 282 g/mol. The van der Waals surface area contributed by atoms with Gasteiger partial charge in [-0.1, -0.05) is 11.6 Å². The predicted molar refractivity (Wildman–Crippen MR) is 77.0 cm³/mol. The van der Waals surface area contributed by atoms with E-state index in [1.54, 1.807) is 11.3 Å². The summed E-state index contributed by atoms with van der Waals surface area (Å²) in [6.07, 6.45) is 0. The summed E-state index contributed by atoms with van der Waals surface area (Å²) in [4.78, 5) is 13.6. The fraction of sp³-hybridized carbons (Fsp3) is 0.500. The summed E-state index contributed by atoms with van der Waals surface area (Å²) in [6.45, 7) is 8.00. The van der Waals surface area contributed by atoms with Crippen LogP contribution in [0.4, 0.5) is 5.95 Å². The zero-order valence-electron chi connectivity index (χ0n) is 10.5. The van der Waals surface area contributed by atoms with Crippen LogP contribution in [0.15, 0.2) is 0 Å². The molecule has 1 saturated heterocycles. The maximum atomic E-state index is 6.31. The third-order valence-corrected chi connectivity index (χ3v) is 4.75. The lowest BCUT2D eigenvalue weighted by atomic mass is 10.2. The molecule has 6 heteroatoms. The van der Waals surface area contributed by atoms with E-state index in [2.05, 4.69) is 34.0 Å². The molecule has 0 bridgehead atoms. The molecule has 0 saturated carbocycles. The summed E-state index contributed by atoms with van der Waals surface area (Å²) < 4.78 is 0. The molecule has 1 aliphatic rings. The van der Waals surface area contributed by atoms with Gasteiger partial charge in [-0.3, -0.25) is 0 Å². The quantitative estimate of drug-likeness (QED) is 0.816. The molecular weight excluding hydrogens is 268 g/mol. The fourth-order valence-corrected chi connectivity index (χ4v) is 3.58. The minimum absolute atomic E-state index is 0.579. The molecule has 1 aliphatic heterocycles. The number of anilines is 1. The van der Waals surface area contributed by atoms with Gasteiger partial charge in [0.2, 0.25) is 5.95 Å². The Morgan fingerprint density at radius 3 is 2.67 bits per heavy atom. The molecule has 3 rings (SSSR count). The van der Waals surface area contributed by atoms with Gasteiger partial charge in [-0.15, -0.1) is 11.3 Å². The van der Waals surface area contributed by atoms with E-state index in [-0.39, 0.29) is 0 Å². The number of nitrogens with one attached hydrogen (secondary N) is 1. The Bertz CT molecular complexity index is 589. The molecule has 0 spiro atoms. The van der Waals surface area contributed by atoms with Crippen molar-refractivity contribution < 1.29 is 0 Å². The van der Waals surface area contributed by atoms with Crippen LogP contribution in [0.3, 0.4) is 0 Å². The molecule has 0 radical (unpaired) electrons.